The molecule has 138 valence electrons. The van der Waals surface area contributed by atoms with E-state index < -0.39 is 0 Å². The van der Waals surface area contributed by atoms with Crippen LogP contribution in [0.3, 0.4) is 0 Å². The average molecular weight is 409 g/mol. The highest BCUT2D eigenvalue weighted by Gasteiger charge is 2.19. The van der Waals surface area contributed by atoms with E-state index in [2.05, 4.69) is 66.7 Å². The fourth-order valence-electron chi connectivity index (χ4n) is 3.69. The molecule has 1 heterocycles. The Morgan fingerprint density at radius 1 is 0.897 bits per heavy atom. The van der Waals surface area contributed by atoms with E-state index >= 15 is 0 Å². The van der Waals surface area contributed by atoms with Crippen LogP contribution in [0, 0.1) is 11.3 Å². The molecule has 0 aliphatic rings. The van der Waals surface area contributed by atoms with Gasteiger partial charge in [-0.2, -0.15) is 5.26 Å². The molecule has 4 aromatic carbocycles. The van der Waals surface area contributed by atoms with E-state index in [1.807, 2.05) is 24.5 Å². The smallest absolute Gasteiger partial charge is 0.124 e. The maximum absolute atomic E-state index is 9.86. The van der Waals surface area contributed by atoms with Crippen LogP contribution in [0.15, 0.2) is 83.8 Å². The van der Waals surface area contributed by atoms with Crippen molar-refractivity contribution in [2.75, 3.05) is 6.26 Å². The normalized spacial score (nSPS) is 11.0. The number of fused-ring (bicyclic) bond motifs is 2. The zero-order valence-corrected chi connectivity index (χ0v) is 17.3. The topological polar surface area (TPSA) is 36.7 Å². The first-order valence-electron chi connectivity index (χ1n) is 9.25. The first kappa shape index (κ1) is 17.9. The summed E-state index contributed by atoms with van der Waals surface area (Å²) in [6.45, 7) is 0. The summed E-state index contributed by atoms with van der Waals surface area (Å²) >= 11 is 3.25. The van der Waals surface area contributed by atoms with Crippen LogP contribution in [0.1, 0.15) is 5.56 Å². The summed E-state index contributed by atoms with van der Waals surface area (Å²) in [5, 5.41) is 13.2. The Morgan fingerprint density at radius 3 is 2.45 bits per heavy atom. The number of hydrogen-bond acceptors (Lipinski definition) is 4. The molecule has 0 spiro atoms. The van der Waals surface area contributed by atoms with E-state index in [9.17, 15) is 5.26 Å². The molecule has 0 radical (unpaired) electrons. The molecule has 0 saturated heterocycles. The van der Waals surface area contributed by atoms with Gasteiger partial charge in [-0.05, 0) is 28.7 Å². The van der Waals surface area contributed by atoms with Gasteiger partial charge in [-0.15, -0.1) is 23.1 Å². The van der Waals surface area contributed by atoms with Gasteiger partial charge in [0.1, 0.15) is 16.6 Å². The maximum atomic E-state index is 9.86. The Morgan fingerprint density at radius 2 is 1.66 bits per heavy atom. The van der Waals surface area contributed by atoms with E-state index in [0.29, 0.717) is 5.56 Å². The molecule has 0 bridgehead atoms. The third-order valence-electron chi connectivity index (χ3n) is 5.06. The molecule has 0 amide bonds. The second kappa shape index (κ2) is 7.36. The van der Waals surface area contributed by atoms with Crippen molar-refractivity contribution in [1.82, 2.24) is 4.98 Å². The molecular formula is C25H16N2S2. The van der Waals surface area contributed by atoms with E-state index in [4.69, 9.17) is 4.98 Å². The van der Waals surface area contributed by atoms with Gasteiger partial charge in [0.15, 0.2) is 0 Å². The standard InChI is InChI=1S/C25H16N2S2/c1-28-22-14-20(19-13-7-11-16-8-5-6-12-18(16)19)24-23(21(22)15-26)27-25(29-24)17-9-3-2-4-10-17/h2-14H,1H3. The minimum atomic E-state index is 0.662. The summed E-state index contributed by atoms with van der Waals surface area (Å²) in [6.07, 6.45) is 2.01. The third kappa shape index (κ3) is 3.00. The molecule has 1 aromatic heterocycles. The summed E-state index contributed by atoms with van der Waals surface area (Å²) in [5.74, 6) is 0. The van der Waals surface area contributed by atoms with Crippen molar-refractivity contribution in [3.05, 3.63) is 84.4 Å². The molecule has 0 unspecified atom stereocenters. The van der Waals surface area contributed by atoms with Crippen LogP contribution in [0.5, 0.6) is 0 Å². The number of benzene rings is 4. The largest absolute Gasteiger partial charge is 0.235 e. The first-order chi connectivity index (χ1) is 14.3. The lowest BCUT2D eigenvalue weighted by Gasteiger charge is -2.11. The van der Waals surface area contributed by atoms with Crippen molar-refractivity contribution < 1.29 is 0 Å². The number of nitrogens with zero attached hydrogens (tertiary/aromatic N) is 2. The summed E-state index contributed by atoms with van der Waals surface area (Å²) in [7, 11) is 0. The van der Waals surface area contributed by atoms with E-state index in [-0.39, 0.29) is 0 Å². The van der Waals surface area contributed by atoms with Crippen LogP contribution >= 0.6 is 23.1 Å². The minimum absolute atomic E-state index is 0.662. The lowest BCUT2D eigenvalue weighted by atomic mass is 9.97. The Bertz CT molecular complexity index is 1390. The molecule has 4 heteroatoms. The fraction of sp³-hybridized carbons (Fsp3) is 0.0400. The average Bonchev–Trinajstić information content (AvgIpc) is 3.23. The molecule has 5 aromatic rings. The van der Waals surface area contributed by atoms with Crippen molar-refractivity contribution in [2.24, 2.45) is 0 Å². The Hall–Kier alpha value is -3.13. The zero-order chi connectivity index (χ0) is 19.8. The lowest BCUT2D eigenvalue weighted by molar-refractivity contribution is 1.37. The quantitative estimate of drug-likeness (QED) is 0.292. The lowest BCUT2D eigenvalue weighted by Crippen LogP contribution is -1.89. The zero-order valence-electron chi connectivity index (χ0n) is 15.7. The van der Waals surface area contributed by atoms with Crippen LogP contribution in [-0.2, 0) is 0 Å². The fourth-order valence-corrected chi connectivity index (χ4v) is 5.38. The van der Waals surface area contributed by atoms with Gasteiger partial charge in [-0.1, -0.05) is 72.8 Å². The van der Waals surface area contributed by atoms with Gasteiger partial charge >= 0.3 is 0 Å². The number of nitriles is 1. The number of rotatable bonds is 3. The summed E-state index contributed by atoms with van der Waals surface area (Å²) in [4.78, 5) is 5.88. The minimum Gasteiger partial charge on any atom is -0.235 e. The molecule has 2 nitrogen and oxygen atoms in total. The number of hydrogen-bond donors (Lipinski definition) is 0. The highest BCUT2D eigenvalue weighted by molar-refractivity contribution is 7.98. The maximum Gasteiger partial charge on any atom is 0.124 e. The second-order valence-electron chi connectivity index (χ2n) is 6.70. The van der Waals surface area contributed by atoms with Crippen LogP contribution in [0.4, 0.5) is 0 Å². The SMILES string of the molecule is CSc1cc(-c2cccc3ccccc23)c2sc(-c3ccccc3)nc2c1C#N. The molecule has 0 atom stereocenters. The summed E-state index contributed by atoms with van der Waals surface area (Å²) in [5.41, 5.74) is 4.85. The van der Waals surface area contributed by atoms with Gasteiger partial charge in [0, 0.05) is 16.0 Å². The number of thiazole rings is 1. The Labute approximate surface area is 177 Å². The van der Waals surface area contributed by atoms with Gasteiger partial charge in [0.2, 0.25) is 0 Å². The molecule has 0 aliphatic carbocycles. The molecule has 0 fully saturated rings. The van der Waals surface area contributed by atoms with Crippen molar-refractivity contribution in [3.8, 4) is 27.8 Å². The van der Waals surface area contributed by atoms with Gasteiger partial charge in [-0.3, -0.25) is 0 Å². The Kier molecular flexibility index (Phi) is 4.55. The molecule has 0 N–H and O–H groups in total. The van der Waals surface area contributed by atoms with Crippen LogP contribution in [0.25, 0.3) is 42.7 Å². The predicted octanol–water partition coefficient (Wildman–Crippen LogP) is 7.38. The van der Waals surface area contributed by atoms with Gasteiger partial charge in [0.05, 0.1) is 10.3 Å². The van der Waals surface area contributed by atoms with Crippen molar-refractivity contribution in [3.63, 3.8) is 0 Å². The summed E-state index contributed by atoms with van der Waals surface area (Å²) < 4.78 is 1.06. The Balaban J connectivity index is 1.88. The number of thioether (sulfide) groups is 1. The molecule has 29 heavy (non-hydrogen) atoms. The molecule has 0 aliphatic heterocycles. The monoisotopic (exact) mass is 408 g/mol. The van der Waals surface area contributed by atoms with Crippen molar-refractivity contribution in [1.29, 1.82) is 5.26 Å². The van der Waals surface area contributed by atoms with Crippen LogP contribution in [0.2, 0.25) is 0 Å². The van der Waals surface area contributed by atoms with Gasteiger partial charge in [0.25, 0.3) is 0 Å². The molecule has 5 rings (SSSR count). The molecule has 0 saturated carbocycles. The van der Waals surface area contributed by atoms with Crippen LogP contribution in [-0.4, -0.2) is 11.2 Å². The number of aromatic nitrogens is 1. The highest BCUT2D eigenvalue weighted by atomic mass is 32.2. The third-order valence-corrected chi connectivity index (χ3v) is 6.96. The van der Waals surface area contributed by atoms with Crippen molar-refractivity contribution >= 4 is 44.1 Å². The first-order valence-corrected chi connectivity index (χ1v) is 11.3. The summed E-state index contributed by atoms with van der Waals surface area (Å²) in [6, 6.07) is 29.6. The highest BCUT2D eigenvalue weighted by Crippen LogP contribution is 2.43. The second-order valence-corrected chi connectivity index (χ2v) is 8.55. The molecular weight excluding hydrogens is 392 g/mol. The van der Waals surface area contributed by atoms with E-state index in [1.54, 1.807) is 23.1 Å². The predicted molar refractivity (Wildman–Crippen MR) is 124 cm³/mol. The van der Waals surface area contributed by atoms with Crippen LogP contribution < -0.4 is 0 Å². The van der Waals surface area contributed by atoms with Crippen molar-refractivity contribution in [2.45, 2.75) is 4.90 Å². The van der Waals surface area contributed by atoms with E-state index in [0.717, 1.165) is 31.2 Å². The van der Waals surface area contributed by atoms with Gasteiger partial charge < -0.3 is 0 Å². The van der Waals surface area contributed by atoms with E-state index in [1.165, 1.54) is 16.3 Å². The van der Waals surface area contributed by atoms with Gasteiger partial charge in [-0.25, -0.2) is 4.98 Å².